The number of rotatable bonds is 6. The van der Waals surface area contributed by atoms with Gasteiger partial charge in [0, 0.05) is 50.0 Å². The van der Waals surface area contributed by atoms with Gasteiger partial charge in [0.15, 0.2) is 0 Å². The topological polar surface area (TPSA) is 112 Å². The Balaban J connectivity index is 1.10. The molecule has 0 saturated carbocycles. The van der Waals surface area contributed by atoms with Crippen molar-refractivity contribution in [1.29, 1.82) is 0 Å². The molecule has 6 rings (SSSR count). The van der Waals surface area contributed by atoms with Gasteiger partial charge in [0.1, 0.15) is 18.6 Å². The maximum Gasteiger partial charge on any atom is 0.397 e. The molecular formula is C26H25F3N8O2. The van der Waals surface area contributed by atoms with Crippen LogP contribution in [0.2, 0.25) is 0 Å². The molecule has 2 N–H and O–H groups in total. The quantitative estimate of drug-likeness (QED) is 0.382. The number of fused-ring (bicyclic) bond motifs is 2. The van der Waals surface area contributed by atoms with Crippen molar-refractivity contribution < 1.29 is 22.7 Å². The molecule has 4 aromatic rings. The highest BCUT2D eigenvalue weighted by atomic mass is 19.4. The number of pyridine rings is 1. The van der Waals surface area contributed by atoms with Gasteiger partial charge in [-0.1, -0.05) is 6.07 Å². The van der Waals surface area contributed by atoms with E-state index in [0.717, 1.165) is 39.1 Å². The fourth-order valence-electron chi connectivity index (χ4n) is 4.90. The molecule has 0 aliphatic carbocycles. The Morgan fingerprint density at radius 3 is 2.72 bits per heavy atom. The van der Waals surface area contributed by atoms with Gasteiger partial charge in [-0.2, -0.15) is 13.2 Å². The fraction of sp³-hybridized carbons (Fsp3) is 0.346. The van der Waals surface area contributed by atoms with Crippen LogP contribution in [0.15, 0.2) is 42.9 Å². The second kappa shape index (κ2) is 10.2. The number of anilines is 2. The normalized spacial score (nSPS) is 16.0. The van der Waals surface area contributed by atoms with Crippen molar-refractivity contribution in [2.45, 2.75) is 32.4 Å². The molecule has 1 aromatic carbocycles. The monoisotopic (exact) mass is 538 g/mol. The lowest BCUT2D eigenvalue weighted by molar-refractivity contribution is -0.162. The van der Waals surface area contributed by atoms with Crippen molar-refractivity contribution in [1.82, 2.24) is 34.7 Å². The lowest BCUT2D eigenvalue weighted by Crippen LogP contribution is -2.49. The van der Waals surface area contributed by atoms with Gasteiger partial charge >= 0.3 is 6.18 Å². The van der Waals surface area contributed by atoms with Gasteiger partial charge in [-0.05, 0) is 29.8 Å². The highest BCUT2D eigenvalue weighted by Gasteiger charge is 2.34. The summed E-state index contributed by atoms with van der Waals surface area (Å²) in [6, 6.07) is 9.70. The number of hydrogen-bond acceptors (Lipinski definition) is 8. The van der Waals surface area contributed by atoms with Gasteiger partial charge < -0.3 is 19.9 Å². The molecule has 0 spiro atoms. The number of imidazole rings is 1. The second-order valence-corrected chi connectivity index (χ2v) is 9.58. The SMILES string of the molecule is O=C(CC(F)(F)F)N1CCN(Cc2ccnc(Nc3nc4ccc(-c5ncnc6c5COC6)cc4[nH]3)c2)CC1. The first-order chi connectivity index (χ1) is 18.8. The molecule has 2 aliphatic heterocycles. The molecule has 5 heterocycles. The Morgan fingerprint density at radius 2 is 1.90 bits per heavy atom. The minimum atomic E-state index is -4.48. The third kappa shape index (κ3) is 5.68. The number of ether oxygens (including phenoxy) is 1. The number of piperazine rings is 1. The number of amides is 1. The first-order valence-corrected chi connectivity index (χ1v) is 12.5. The summed E-state index contributed by atoms with van der Waals surface area (Å²) in [5.41, 5.74) is 6.33. The molecular weight excluding hydrogens is 513 g/mol. The third-order valence-corrected chi connectivity index (χ3v) is 6.83. The van der Waals surface area contributed by atoms with Crippen molar-refractivity contribution in [3.05, 3.63) is 59.7 Å². The van der Waals surface area contributed by atoms with Gasteiger partial charge in [0.25, 0.3) is 0 Å². The number of alkyl halides is 3. The number of H-pyrrole nitrogens is 1. The highest BCUT2D eigenvalue weighted by Crippen LogP contribution is 2.30. The predicted molar refractivity (Wildman–Crippen MR) is 136 cm³/mol. The molecule has 202 valence electrons. The Hall–Kier alpha value is -4.10. The van der Waals surface area contributed by atoms with Gasteiger partial charge in [0.2, 0.25) is 11.9 Å². The Morgan fingerprint density at radius 1 is 1.05 bits per heavy atom. The van der Waals surface area contributed by atoms with Crippen molar-refractivity contribution in [3.8, 4) is 11.3 Å². The molecule has 1 saturated heterocycles. The minimum Gasteiger partial charge on any atom is -0.370 e. The number of nitrogens with one attached hydrogen (secondary N) is 2. The number of halogens is 3. The van der Waals surface area contributed by atoms with Crippen molar-refractivity contribution >= 4 is 28.7 Å². The van der Waals surface area contributed by atoms with E-state index in [1.165, 1.54) is 4.90 Å². The summed E-state index contributed by atoms with van der Waals surface area (Å²) in [6.45, 7) is 3.13. The molecule has 10 nitrogen and oxygen atoms in total. The zero-order chi connectivity index (χ0) is 27.0. The number of hydrogen-bond donors (Lipinski definition) is 2. The van der Waals surface area contributed by atoms with Crippen LogP contribution in [-0.4, -0.2) is 73.0 Å². The van der Waals surface area contributed by atoms with Gasteiger partial charge in [-0.3, -0.25) is 9.69 Å². The van der Waals surface area contributed by atoms with Crippen LogP contribution in [0.3, 0.4) is 0 Å². The van der Waals surface area contributed by atoms with E-state index in [4.69, 9.17) is 4.74 Å². The molecule has 0 atom stereocenters. The molecule has 13 heteroatoms. The summed E-state index contributed by atoms with van der Waals surface area (Å²) in [5.74, 6) is 0.279. The van der Waals surface area contributed by atoms with Crippen LogP contribution in [0.1, 0.15) is 23.2 Å². The molecule has 3 aromatic heterocycles. The fourth-order valence-corrected chi connectivity index (χ4v) is 4.90. The second-order valence-electron chi connectivity index (χ2n) is 9.58. The summed E-state index contributed by atoms with van der Waals surface area (Å²) < 4.78 is 43.1. The Bertz CT molecular complexity index is 1510. The number of aromatic nitrogens is 5. The largest absolute Gasteiger partial charge is 0.397 e. The molecule has 0 bridgehead atoms. The number of carbonyl (C=O) groups excluding carboxylic acids is 1. The first-order valence-electron chi connectivity index (χ1n) is 12.5. The maximum atomic E-state index is 12.5. The van der Waals surface area contributed by atoms with Crippen molar-refractivity contribution in [3.63, 3.8) is 0 Å². The number of aromatic amines is 1. The Labute approximate surface area is 221 Å². The van der Waals surface area contributed by atoms with E-state index in [9.17, 15) is 18.0 Å². The summed E-state index contributed by atoms with van der Waals surface area (Å²) in [4.78, 5) is 36.3. The standard InChI is InChI=1S/C26H25F3N8O2/c27-26(28,29)11-23(38)37-7-5-36(6-8-37)12-16-3-4-30-22(9-16)35-25-33-19-2-1-17(10-20(19)34-25)24-18-13-39-14-21(18)31-15-32-24/h1-4,9-10,15H,5-8,11-14H2,(H2,30,33,34,35). The summed E-state index contributed by atoms with van der Waals surface area (Å²) in [5, 5.41) is 3.21. The van der Waals surface area contributed by atoms with E-state index in [1.54, 1.807) is 12.5 Å². The minimum absolute atomic E-state index is 0.275. The zero-order valence-corrected chi connectivity index (χ0v) is 20.8. The predicted octanol–water partition coefficient (Wildman–Crippen LogP) is 3.79. The zero-order valence-electron chi connectivity index (χ0n) is 20.8. The van der Waals surface area contributed by atoms with Crippen LogP contribution in [0.4, 0.5) is 24.9 Å². The molecule has 0 unspecified atom stereocenters. The van der Waals surface area contributed by atoms with Crippen molar-refractivity contribution in [2.24, 2.45) is 0 Å². The van der Waals surface area contributed by atoms with Crippen LogP contribution in [0.25, 0.3) is 22.3 Å². The van der Waals surface area contributed by atoms with Crippen LogP contribution in [0.5, 0.6) is 0 Å². The average molecular weight is 539 g/mol. The molecule has 0 radical (unpaired) electrons. The van der Waals surface area contributed by atoms with E-state index in [1.807, 2.05) is 30.3 Å². The molecule has 1 fully saturated rings. The average Bonchev–Trinajstić information content (AvgIpc) is 3.54. The van der Waals surface area contributed by atoms with Crippen LogP contribution in [-0.2, 0) is 29.3 Å². The molecule has 1 amide bonds. The molecule has 39 heavy (non-hydrogen) atoms. The van der Waals surface area contributed by atoms with Crippen molar-refractivity contribution in [2.75, 3.05) is 31.5 Å². The molecule has 2 aliphatic rings. The van der Waals surface area contributed by atoms with E-state index >= 15 is 0 Å². The summed E-state index contributed by atoms with van der Waals surface area (Å²) >= 11 is 0. The third-order valence-electron chi connectivity index (χ3n) is 6.83. The number of benzene rings is 1. The Kier molecular flexibility index (Phi) is 6.61. The van der Waals surface area contributed by atoms with Crippen LogP contribution >= 0.6 is 0 Å². The van der Waals surface area contributed by atoms with E-state index in [0.29, 0.717) is 44.6 Å². The van der Waals surface area contributed by atoms with E-state index < -0.39 is 18.5 Å². The lowest BCUT2D eigenvalue weighted by Gasteiger charge is -2.35. The lowest BCUT2D eigenvalue weighted by atomic mass is 10.1. The maximum absolute atomic E-state index is 12.5. The van der Waals surface area contributed by atoms with E-state index in [-0.39, 0.29) is 13.1 Å². The van der Waals surface area contributed by atoms with Crippen LogP contribution in [0, 0.1) is 0 Å². The summed E-state index contributed by atoms with van der Waals surface area (Å²) in [7, 11) is 0. The van der Waals surface area contributed by atoms with E-state index in [2.05, 4.69) is 35.1 Å². The highest BCUT2D eigenvalue weighted by molar-refractivity contribution is 5.84. The van der Waals surface area contributed by atoms with Gasteiger partial charge in [-0.15, -0.1) is 0 Å². The van der Waals surface area contributed by atoms with Gasteiger partial charge in [-0.25, -0.2) is 19.9 Å². The summed E-state index contributed by atoms with van der Waals surface area (Å²) in [6.07, 6.45) is -2.64. The number of nitrogens with zero attached hydrogens (tertiary/aromatic N) is 6. The van der Waals surface area contributed by atoms with Crippen LogP contribution < -0.4 is 5.32 Å². The van der Waals surface area contributed by atoms with Gasteiger partial charge in [0.05, 0.1) is 35.6 Å². The smallest absolute Gasteiger partial charge is 0.370 e. The number of carbonyl (C=O) groups is 1. The first kappa shape index (κ1) is 25.2.